The predicted molar refractivity (Wildman–Crippen MR) is 84.8 cm³/mol. The van der Waals surface area contributed by atoms with Crippen molar-refractivity contribution in [1.82, 2.24) is 5.32 Å². The van der Waals surface area contributed by atoms with Crippen LogP contribution in [0, 0.1) is 0 Å². The molecule has 0 radical (unpaired) electrons. The first-order valence-electron chi connectivity index (χ1n) is 7.19. The van der Waals surface area contributed by atoms with E-state index in [1.807, 2.05) is 0 Å². The molecular formula is C15H20ClN3O2. The van der Waals surface area contributed by atoms with Crippen molar-refractivity contribution in [3.8, 4) is 0 Å². The van der Waals surface area contributed by atoms with E-state index in [0.717, 1.165) is 25.7 Å². The smallest absolute Gasteiger partial charge is 0.319 e. The van der Waals surface area contributed by atoms with Crippen LogP contribution in [0.25, 0.3) is 0 Å². The highest BCUT2D eigenvalue weighted by Gasteiger charge is 2.16. The van der Waals surface area contributed by atoms with Crippen LogP contribution in [-0.2, 0) is 4.79 Å². The molecule has 0 aromatic heterocycles. The number of hydrogen-bond acceptors (Lipinski definition) is 2. The average molecular weight is 310 g/mol. The largest absolute Gasteiger partial charge is 0.335 e. The minimum Gasteiger partial charge on any atom is -0.335 e. The van der Waals surface area contributed by atoms with Gasteiger partial charge in [-0.25, -0.2) is 4.79 Å². The van der Waals surface area contributed by atoms with Crippen molar-refractivity contribution in [3.05, 3.63) is 23.2 Å². The fraction of sp³-hybridized carbons (Fsp3) is 0.467. The van der Waals surface area contributed by atoms with Crippen LogP contribution < -0.4 is 16.0 Å². The molecule has 1 saturated carbocycles. The normalized spacial score (nSPS) is 15.3. The SMILES string of the molecule is CC(=O)Nc1ccc(Cl)c(NC(=O)NC2CCCCC2)c1. The molecule has 5 nitrogen and oxygen atoms in total. The molecule has 3 N–H and O–H groups in total. The number of carbonyl (C=O) groups is 2. The summed E-state index contributed by atoms with van der Waals surface area (Å²) in [5, 5.41) is 8.79. The maximum atomic E-state index is 12.0. The first kappa shape index (κ1) is 15.6. The number of hydrogen-bond donors (Lipinski definition) is 3. The van der Waals surface area contributed by atoms with Crippen molar-refractivity contribution in [3.63, 3.8) is 0 Å². The van der Waals surface area contributed by atoms with Crippen LogP contribution in [-0.4, -0.2) is 18.0 Å². The van der Waals surface area contributed by atoms with Gasteiger partial charge in [0.25, 0.3) is 0 Å². The van der Waals surface area contributed by atoms with Crippen LogP contribution >= 0.6 is 11.6 Å². The van der Waals surface area contributed by atoms with E-state index in [1.54, 1.807) is 18.2 Å². The number of halogens is 1. The Morgan fingerprint density at radius 2 is 1.86 bits per heavy atom. The number of benzene rings is 1. The van der Waals surface area contributed by atoms with Gasteiger partial charge in [-0.3, -0.25) is 4.79 Å². The van der Waals surface area contributed by atoms with Crippen molar-refractivity contribution >= 4 is 34.9 Å². The molecule has 0 atom stereocenters. The van der Waals surface area contributed by atoms with E-state index in [9.17, 15) is 9.59 Å². The molecule has 21 heavy (non-hydrogen) atoms. The summed E-state index contributed by atoms with van der Waals surface area (Å²) in [7, 11) is 0. The highest BCUT2D eigenvalue weighted by molar-refractivity contribution is 6.33. The minimum absolute atomic E-state index is 0.171. The van der Waals surface area contributed by atoms with Crippen LogP contribution in [0.3, 0.4) is 0 Å². The van der Waals surface area contributed by atoms with Crippen molar-refractivity contribution in [1.29, 1.82) is 0 Å². The summed E-state index contributed by atoms with van der Waals surface area (Å²) in [4.78, 5) is 23.0. The summed E-state index contributed by atoms with van der Waals surface area (Å²) in [6.07, 6.45) is 5.60. The third-order valence-corrected chi connectivity index (χ3v) is 3.80. The summed E-state index contributed by atoms with van der Waals surface area (Å²) >= 11 is 6.06. The van der Waals surface area contributed by atoms with Crippen LogP contribution in [0.5, 0.6) is 0 Å². The molecule has 0 heterocycles. The van der Waals surface area contributed by atoms with Crippen molar-refractivity contribution in [2.75, 3.05) is 10.6 Å². The molecule has 0 saturated heterocycles. The van der Waals surface area contributed by atoms with Gasteiger partial charge in [-0.1, -0.05) is 30.9 Å². The molecule has 0 bridgehead atoms. The van der Waals surface area contributed by atoms with E-state index in [4.69, 9.17) is 11.6 Å². The molecule has 2 rings (SSSR count). The molecule has 0 aliphatic heterocycles. The van der Waals surface area contributed by atoms with Crippen LogP contribution in [0.2, 0.25) is 5.02 Å². The zero-order valence-corrected chi connectivity index (χ0v) is 12.8. The van der Waals surface area contributed by atoms with Gasteiger partial charge in [0.05, 0.1) is 10.7 Å². The Morgan fingerprint density at radius 1 is 1.14 bits per heavy atom. The first-order chi connectivity index (χ1) is 10.0. The second-order valence-electron chi connectivity index (χ2n) is 5.31. The van der Waals surface area contributed by atoms with Gasteiger partial charge in [0, 0.05) is 18.7 Å². The Bertz CT molecular complexity index is 528. The Balaban J connectivity index is 1.97. The predicted octanol–water partition coefficient (Wildman–Crippen LogP) is 3.75. The second-order valence-corrected chi connectivity index (χ2v) is 5.72. The molecule has 0 spiro atoms. The second kappa shape index (κ2) is 7.31. The number of rotatable bonds is 3. The Hall–Kier alpha value is -1.75. The van der Waals surface area contributed by atoms with E-state index in [-0.39, 0.29) is 18.0 Å². The van der Waals surface area contributed by atoms with Gasteiger partial charge in [-0.05, 0) is 31.0 Å². The molecule has 1 aliphatic rings. The fourth-order valence-electron chi connectivity index (χ4n) is 2.49. The molecule has 1 aliphatic carbocycles. The van der Waals surface area contributed by atoms with Crippen molar-refractivity contribution in [2.45, 2.75) is 45.1 Å². The topological polar surface area (TPSA) is 70.2 Å². The fourth-order valence-corrected chi connectivity index (χ4v) is 2.66. The first-order valence-corrected chi connectivity index (χ1v) is 7.57. The zero-order chi connectivity index (χ0) is 15.2. The Kier molecular flexibility index (Phi) is 5.44. The standard InChI is InChI=1S/C15H20ClN3O2/c1-10(20)17-12-7-8-13(16)14(9-12)19-15(21)18-11-5-3-2-4-6-11/h7-9,11H,2-6H2,1H3,(H,17,20)(H2,18,19,21). The Labute approximate surface area is 129 Å². The van der Waals surface area contributed by atoms with E-state index >= 15 is 0 Å². The number of urea groups is 1. The zero-order valence-electron chi connectivity index (χ0n) is 12.0. The van der Waals surface area contributed by atoms with Gasteiger partial charge < -0.3 is 16.0 Å². The van der Waals surface area contributed by atoms with Gasteiger partial charge in [0.1, 0.15) is 0 Å². The summed E-state index contributed by atoms with van der Waals surface area (Å²) in [5.41, 5.74) is 1.08. The van der Waals surface area contributed by atoms with Crippen LogP contribution in [0.4, 0.5) is 16.2 Å². The number of amides is 3. The van der Waals surface area contributed by atoms with Gasteiger partial charge in [0.15, 0.2) is 0 Å². The van der Waals surface area contributed by atoms with Gasteiger partial charge >= 0.3 is 6.03 Å². The van der Waals surface area contributed by atoms with Gasteiger partial charge in [-0.2, -0.15) is 0 Å². The van der Waals surface area contributed by atoms with Crippen molar-refractivity contribution < 1.29 is 9.59 Å². The van der Waals surface area contributed by atoms with Crippen molar-refractivity contribution in [2.24, 2.45) is 0 Å². The van der Waals surface area contributed by atoms with E-state index in [1.165, 1.54) is 13.3 Å². The minimum atomic E-state index is -0.260. The molecule has 1 aromatic carbocycles. The monoisotopic (exact) mass is 309 g/mol. The third kappa shape index (κ3) is 4.93. The van der Waals surface area contributed by atoms with E-state index in [2.05, 4.69) is 16.0 Å². The van der Waals surface area contributed by atoms with Gasteiger partial charge in [-0.15, -0.1) is 0 Å². The third-order valence-electron chi connectivity index (χ3n) is 3.48. The highest BCUT2D eigenvalue weighted by atomic mass is 35.5. The average Bonchev–Trinajstić information content (AvgIpc) is 2.43. The lowest BCUT2D eigenvalue weighted by Gasteiger charge is -2.23. The lowest BCUT2D eigenvalue weighted by atomic mass is 9.96. The summed E-state index contributed by atoms with van der Waals surface area (Å²) in [5.74, 6) is -0.171. The van der Waals surface area contributed by atoms with E-state index in [0.29, 0.717) is 16.4 Å². The summed E-state index contributed by atoms with van der Waals surface area (Å²) < 4.78 is 0. The lowest BCUT2D eigenvalue weighted by molar-refractivity contribution is -0.114. The summed E-state index contributed by atoms with van der Waals surface area (Å²) in [6, 6.07) is 4.95. The highest BCUT2D eigenvalue weighted by Crippen LogP contribution is 2.25. The molecule has 3 amide bonds. The molecule has 1 fully saturated rings. The number of carbonyl (C=O) groups excluding carboxylic acids is 2. The number of anilines is 2. The molecule has 114 valence electrons. The lowest BCUT2D eigenvalue weighted by Crippen LogP contribution is -2.39. The van der Waals surface area contributed by atoms with Crippen LogP contribution in [0.15, 0.2) is 18.2 Å². The number of nitrogens with one attached hydrogen (secondary N) is 3. The molecule has 1 aromatic rings. The molecular weight excluding hydrogens is 290 g/mol. The molecule has 6 heteroatoms. The summed E-state index contributed by atoms with van der Waals surface area (Å²) in [6.45, 7) is 1.43. The van der Waals surface area contributed by atoms with E-state index < -0.39 is 0 Å². The Morgan fingerprint density at radius 3 is 2.52 bits per heavy atom. The molecule has 0 unspecified atom stereocenters. The maximum Gasteiger partial charge on any atom is 0.319 e. The van der Waals surface area contributed by atoms with Crippen LogP contribution in [0.1, 0.15) is 39.0 Å². The van der Waals surface area contributed by atoms with Gasteiger partial charge in [0.2, 0.25) is 5.91 Å². The quantitative estimate of drug-likeness (QED) is 0.795. The maximum absolute atomic E-state index is 12.0.